The second kappa shape index (κ2) is 4.49. The van der Waals surface area contributed by atoms with Gasteiger partial charge in [0.1, 0.15) is 11.3 Å². The Kier molecular flexibility index (Phi) is 3.44. The molecular formula is C12H22N4S2. The van der Waals surface area contributed by atoms with Crippen molar-refractivity contribution in [2.75, 3.05) is 0 Å². The summed E-state index contributed by atoms with van der Waals surface area (Å²) in [5.41, 5.74) is -0.319. The smallest absolute Gasteiger partial charge is 0.192 e. The lowest BCUT2D eigenvalue weighted by molar-refractivity contribution is -0.00792. The predicted octanol–water partition coefficient (Wildman–Crippen LogP) is 2.31. The van der Waals surface area contributed by atoms with E-state index in [1.807, 2.05) is 0 Å². The second-order valence-corrected chi connectivity index (χ2v) is 5.73. The van der Waals surface area contributed by atoms with Gasteiger partial charge in [0.25, 0.3) is 0 Å². The first-order valence-corrected chi connectivity index (χ1v) is 7.56. The number of hydrogen-bond donors (Lipinski definition) is 2. The van der Waals surface area contributed by atoms with Crippen LogP contribution in [-0.2, 0) is 0 Å². The van der Waals surface area contributed by atoms with Crippen LogP contribution in [0.1, 0.15) is 53.4 Å². The van der Waals surface area contributed by atoms with Crippen LogP contribution >= 0.6 is 24.4 Å². The first-order chi connectivity index (χ1) is 8.50. The molecule has 0 radical (unpaired) electrons. The van der Waals surface area contributed by atoms with E-state index in [1.165, 1.54) is 0 Å². The first-order valence-electron chi connectivity index (χ1n) is 6.75. The van der Waals surface area contributed by atoms with Crippen molar-refractivity contribution < 1.29 is 0 Å². The van der Waals surface area contributed by atoms with Gasteiger partial charge in [-0.25, -0.2) is 10.0 Å². The number of nitrogens with zero attached hydrogens (tertiary/aromatic N) is 2. The van der Waals surface area contributed by atoms with E-state index in [1.54, 1.807) is 0 Å². The molecule has 0 bridgehead atoms. The highest BCUT2D eigenvalue weighted by molar-refractivity contribution is 7.80. The summed E-state index contributed by atoms with van der Waals surface area (Å²) in [4.78, 5) is 0. The van der Waals surface area contributed by atoms with Crippen molar-refractivity contribution in [2.45, 2.75) is 64.7 Å². The molecule has 0 aromatic carbocycles. The molecule has 0 atom stereocenters. The molecule has 0 spiro atoms. The summed E-state index contributed by atoms with van der Waals surface area (Å²) in [6, 6.07) is 0. The minimum Gasteiger partial charge on any atom is -0.337 e. The average molecular weight is 286 g/mol. The van der Waals surface area contributed by atoms with Gasteiger partial charge in [-0.3, -0.25) is 0 Å². The zero-order valence-electron chi connectivity index (χ0n) is 11.5. The van der Waals surface area contributed by atoms with Gasteiger partial charge in [-0.15, -0.1) is 0 Å². The third-order valence-corrected chi connectivity index (χ3v) is 4.96. The van der Waals surface area contributed by atoms with E-state index in [9.17, 15) is 0 Å². The fourth-order valence-corrected chi connectivity index (χ4v) is 3.91. The summed E-state index contributed by atoms with van der Waals surface area (Å²) in [7, 11) is 0. The molecule has 0 aromatic heterocycles. The van der Waals surface area contributed by atoms with Gasteiger partial charge in [0.2, 0.25) is 0 Å². The largest absolute Gasteiger partial charge is 0.337 e. The zero-order chi connectivity index (χ0) is 13.6. The minimum absolute atomic E-state index is 0.159. The van der Waals surface area contributed by atoms with Gasteiger partial charge in [0.05, 0.1) is 0 Å². The summed E-state index contributed by atoms with van der Waals surface area (Å²) in [6.45, 7) is 8.68. The molecule has 6 heteroatoms. The Hall–Kier alpha value is -0.620. The van der Waals surface area contributed by atoms with Gasteiger partial charge < -0.3 is 10.6 Å². The molecule has 2 aliphatic heterocycles. The van der Waals surface area contributed by atoms with Gasteiger partial charge in [0, 0.05) is 0 Å². The van der Waals surface area contributed by atoms with Crippen molar-refractivity contribution in [3.05, 3.63) is 0 Å². The third-order valence-electron chi connectivity index (χ3n) is 4.41. The number of hydrazine groups is 1. The van der Waals surface area contributed by atoms with E-state index >= 15 is 0 Å². The van der Waals surface area contributed by atoms with Gasteiger partial charge >= 0.3 is 0 Å². The molecule has 2 N–H and O–H groups in total. The highest BCUT2D eigenvalue weighted by atomic mass is 32.1. The molecule has 2 heterocycles. The fraction of sp³-hybridized carbons (Fsp3) is 0.833. The lowest BCUT2D eigenvalue weighted by Gasteiger charge is -2.39. The Morgan fingerprint density at radius 3 is 1.28 bits per heavy atom. The third kappa shape index (κ3) is 1.54. The van der Waals surface area contributed by atoms with Crippen LogP contribution in [0.15, 0.2) is 0 Å². The molecule has 0 aromatic rings. The van der Waals surface area contributed by atoms with E-state index in [4.69, 9.17) is 24.4 Å². The van der Waals surface area contributed by atoms with E-state index in [0.29, 0.717) is 0 Å². The van der Waals surface area contributed by atoms with Gasteiger partial charge in [-0.2, -0.15) is 0 Å². The zero-order valence-corrected chi connectivity index (χ0v) is 13.2. The Morgan fingerprint density at radius 2 is 1.06 bits per heavy atom. The predicted molar refractivity (Wildman–Crippen MR) is 81.8 cm³/mol. The van der Waals surface area contributed by atoms with Crippen LogP contribution in [0.3, 0.4) is 0 Å². The molecule has 0 saturated carbocycles. The molecule has 4 nitrogen and oxygen atoms in total. The number of rotatable bonds is 4. The van der Waals surface area contributed by atoms with Crippen molar-refractivity contribution >= 4 is 34.7 Å². The quantitative estimate of drug-likeness (QED) is 0.771. The standard InChI is InChI=1S/C12H22N4S2/c1-5-11(6-2)13-9(17)16-12(7-3,8-4)14-10(18)15(11)16/h5-8H2,1-4H3,(H,13,17)(H,14,18). The molecule has 0 unspecified atom stereocenters. The van der Waals surface area contributed by atoms with Crippen LogP contribution in [0.2, 0.25) is 0 Å². The summed E-state index contributed by atoms with van der Waals surface area (Å²) in [6.07, 6.45) is 3.86. The van der Waals surface area contributed by atoms with E-state index in [-0.39, 0.29) is 11.3 Å². The molecule has 2 saturated heterocycles. The molecule has 2 rings (SSSR count). The number of fused-ring (bicyclic) bond motifs is 1. The SMILES string of the molecule is CCC1(CC)NC(=S)N2N1C(=S)NC2(CC)CC. The van der Waals surface area contributed by atoms with Gasteiger partial charge in [-0.05, 0) is 50.1 Å². The second-order valence-electron chi connectivity index (χ2n) is 4.96. The summed E-state index contributed by atoms with van der Waals surface area (Å²) in [5.74, 6) is 0. The van der Waals surface area contributed by atoms with Gasteiger partial charge in [0.15, 0.2) is 10.2 Å². The van der Waals surface area contributed by atoms with E-state index in [2.05, 4.69) is 48.3 Å². The number of thiocarbonyl (C=S) groups is 2. The molecule has 0 aliphatic carbocycles. The maximum Gasteiger partial charge on any atom is 0.192 e. The van der Waals surface area contributed by atoms with Crippen LogP contribution in [0, 0.1) is 0 Å². The maximum absolute atomic E-state index is 5.55. The Labute approximate surface area is 120 Å². The van der Waals surface area contributed by atoms with Crippen molar-refractivity contribution in [3.8, 4) is 0 Å². The Morgan fingerprint density at radius 1 is 0.778 bits per heavy atom. The molecule has 18 heavy (non-hydrogen) atoms. The lowest BCUT2D eigenvalue weighted by atomic mass is 10.0. The van der Waals surface area contributed by atoms with Gasteiger partial charge in [-0.1, -0.05) is 27.7 Å². The normalized spacial score (nSPS) is 24.0. The minimum atomic E-state index is -0.159. The molecule has 2 aliphatic rings. The first kappa shape index (κ1) is 13.8. The van der Waals surface area contributed by atoms with Crippen LogP contribution in [0.4, 0.5) is 0 Å². The highest BCUT2D eigenvalue weighted by Gasteiger charge is 2.58. The molecule has 2 fully saturated rings. The Balaban J connectivity index is 2.47. The molecule has 102 valence electrons. The van der Waals surface area contributed by atoms with Crippen LogP contribution in [0.5, 0.6) is 0 Å². The highest BCUT2D eigenvalue weighted by Crippen LogP contribution is 2.40. The van der Waals surface area contributed by atoms with Crippen LogP contribution in [0.25, 0.3) is 0 Å². The van der Waals surface area contributed by atoms with Crippen molar-refractivity contribution in [1.82, 2.24) is 20.7 Å². The summed E-state index contributed by atoms with van der Waals surface area (Å²) < 4.78 is 0. The molecule has 0 amide bonds. The topological polar surface area (TPSA) is 30.5 Å². The van der Waals surface area contributed by atoms with Crippen LogP contribution < -0.4 is 10.6 Å². The van der Waals surface area contributed by atoms with E-state index in [0.717, 1.165) is 35.9 Å². The summed E-state index contributed by atoms with van der Waals surface area (Å²) >= 11 is 11.1. The number of nitrogens with one attached hydrogen (secondary N) is 2. The number of hydrogen-bond acceptors (Lipinski definition) is 2. The molecular weight excluding hydrogens is 264 g/mol. The van der Waals surface area contributed by atoms with Crippen molar-refractivity contribution in [3.63, 3.8) is 0 Å². The summed E-state index contributed by atoms with van der Waals surface area (Å²) in [5, 5.41) is 12.9. The van der Waals surface area contributed by atoms with E-state index < -0.39 is 0 Å². The average Bonchev–Trinajstić information content (AvgIpc) is 2.86. The Bertz CT molecular complexity index is 338. The fourth-order valence-electron chi connectivity index (χ4n) is 3.02. The van der Waals surface area contributed by atoms with Crippen molar-refractivity contribution in [1.29, 1.82) is 0 Å². The lowest BCUT2D eigenvalue weighted by Crippen LogP contribution is -2.54. The monoisotopic (exact) mass is 286 g/mol. The van der Waals surface area contributed by atoms with Crippen molar-refractivity contribution in [2.24, 2.45) is 0 Å². The maximum atomic E-state index is 5.55. The van der Waals surface area contributed by atoms with Crippen LogP contribution in [-0.4, -0.2) is 31.6 Å².